The molecule has 7 heteroatoms. The Bertz CT molecular complexity index is 471. The minimum Gasteiger partial charge on any atom is -0.211 e. The van der Waals surface area contributed by atoms with E-state index in [0.717, 1.165) is 21.5 Å². The molecule has 0 radical (unpaired) electrons. The number of aryl methyl sites for hydroxylation is 1. The minimum atomic E-state index is -3.38. The van der Waals surface area contributed by atoms with Gasteiger partial charge in [-0.15, -0.1) is 22.9 Å². The van der Waals surface area contributed by atoms with Crippen molar-refractivity contribution in [1.29, 1.82) is 0 Å². The molecule has 0 bridgehead atoms. The van der Waals surface area contributed by atoms with Crippen molar-refractivity contribution in [1.82, 2.24) is 4.72 Å². The van der Waals surface area contributed by atoms with Crippen molar-refractivity contribution >= 4 is 48.9 Å². The van der Waals surface area contributed by atoms with Crippen LogP contribution >= 0.6 is 38.9 Å². The molecular formula is C10H15BrClNO2S2. The van der Waals surface area contributed by atoms with E-state index in [1.165, 1.54) is 11.3 Å². The first-order chi connectivity index (χ1) is 7.83. The average Bonchev–Trinajstić information content (AvgIpc) is 2.53. The molecule has 3 nitrogen and oxygen atoms in total. The Kier molecular flexibility index (Phi) is 5.92. The molecule has 1 N–H and O–H groups in total. The van der Waals surface area contributed by atoms with Gasteiger partial charge in [-0.25, -0.2) is 13.1 Å². The highest BCUT2D eigenvalue weighted by Gasteiger charge is 2.18. The van der Waals surface area contributed by atoms with Gasteiger partial charge in [-0.2, -0.15) is 0 Å². The highest BCUT2D eigenvalue weighted by Crippen LogP contribution is 2.29. The minimum absolute atomic E-state index is 0.0801. The molecule has 0 aliphatic rings. The standard InChI is InChI=1S/C10H15BrClNO2S2/c1-7(12)4-3-5-13-17(14,15)9-6-10(11)16-8(9)2/h6-7,13H,3-5H2,1-2H3. The maximum atomic E-state index is 12.0. The molecule has 17 heavy (non-hydrogen) atoms. The second-order valence-corrected chi connectivity index (χ2v) is 8.91. The van der Waals surface area contributed by atoms with Gasteiger partial charge in [0.15, 0.2) is 0 Å². The summed E-state index contributed by atoms with van der Waals surface area (Å²) < 4.78 is 27.3. The fraction of sp³-hybridized carbons (Fsp3) is 0.600. The van der Waals surface area contributed by atoms with Gasteiger partial charge in [0.05, 0.1) is 8.68 Å². The first-order valence-electron chi connectivity index (χ1n) is 5.22. The average molecular weight is 361 g/mol. The van der Waals surface area contributed by atoms with E-state index in [0.29, 0.717) is 11.4 Å². The Hall–Kier alpha value is 0.380. The van der Waals surface area contributed by atoms with E-state index < -0.39 is 10.0 Å². The monoisotopic (exact) mass is 359 g/mol. The predicted molar refractivity (Wildman–Crippen MR) is 76.5 cm³/mol. The Morgan fingerprint density at radius 2 is 2.24 bits per heavy atom. The summed E-state index contributed by atoms with van der Waals surface area (Å²) in [6.45, 7) is 4.12. The Balaban J connectivity index is 2.60. The zero-order valence-corrected chi connectivity index (χ0v) is 13.6. The number of alkyl halides is 1. The van der Waals surface area contributed by atoms with Gasteiger partial charge in [-0.05, 0) is 48.7 Å². The van der Waals surface area contributed by atoms with Crippen LogP contribution in [-0.2, 0) is 10.0 Å². The van der Waals surface area contributed by atoms with Crippen molar-refractivity contribution in [3.05, 3.63) is 14.7 Å². The number of rotatable bonds is 6. The second-order valence-electron chi connectivity index (χ2n) is 3.79. The van der Waals surface area contributed by atoms with E-state index in [2.05, 4.69) is 20.7 Å². The lowest BCUT2D eigenvalue weighted by molar-refractivity contribution is 0.576. The van der Waals surface area contributed by atoms with Crippen LogP contribution in [0.3, 0.4) is 0 Å². The molecule has 0 saturated heterocycles. The van der Waals surface area contributed by atoms with Crippen molar-refractivity contribution in [3.8, 4) is 0 Å². The van der Waals surface area contributed by atoms with Gasteiger partial charge in [0.25, 0.3) is 0 Å². The summed E-state index contributed by atoms with van der Waals surface area (Å²) >= 11 is 10.5. The van der Waals surface area contributed by atoms with Gasteiger partial charge >= 0.3 is 0 Å². The highest BCUT2D eigenvalue weighted by atomic mass is 79.9. The second kappa shape index (κ2) is 6.52. The molecule has 1 atom stereocenters. The van der Waals surface area contributed by atoms with E-state index >= 15 is 0 Å². The number of halogens is 2. The summed E-state index contributed by atoms with van der Waals surface area (Å²) in [6.07, 6.45) is 1.55. The smallest absolute Gasteiger partial charge is 0.211 e. The Morgan fingerprint density at radius 1 is 1.59 bits per heavy atom. The van der Waals surface area contributed by atoms with E-state index in [4.69, 9.17) is 11.6 Å². The summed E-state index contributed by atoms with van der Waals surface area (Å²) in [5.74, 6) is 0. The quantitative estimate of drug-likeness (QED) is 0.623. The van der Waals surface area contributed by atoms with Crippen LogP contribution in [0.1, 0.15) is 24.6 Å². The zero-order chi connectivity index (χ0) is 13.1. The summed E-state index contributed by atoms with van der Waals surface area (Å²) in [5.41, 5.74) is 0. The van der Waals surface area contributed by atoms with Crippen molar-refractivity contribution in [2.45, 2.75) is 37.0 Å². The van der Waals surface area contributed by atoms with Crippen molar-refractivity contribution in [3.63, 3.8) is 0 Å². The van der Waals surface area contributed by atoms with Gasteiger partial charge in [-0.1, -0.05) is 0 Å². The third-order valence-electron chi connectivity index (χ3n) is 2.20. The predicted octanol–water partition coefficient (Wildman–Crippen LogP) is 3.50. The zero-order valence-electron chi connectivity index (χ0n) is 9.66. The van der Waals surface area contributed by atoms with Crippen LogP contribution in [0.15, 0.2) is 14.7 Å². The van der Waals surface area contributed by atoms with Gasteiger partial charge in [0.2, 0.25) is 10.0 Å². The van der Waals surface area contributed by atoms with Crippen LogP contribution in [0.25, 0.3) is 0 Å². The van der Waals surface area contributed by atoms with Crippen LogP contribution in [0.2, 0.25) is 0 Å². The molecule has 1 unspecified atom stereocenters. The maximum absolute atomic E-state index is 12.0. The molecule has 1 aromatic rings. The lowest BCUT2D eigenvalue weighted by Gasteiger charge is -2.06. The lowest BCUT2D eigenvalue weighted by Crippen LogP contribution is -2.25. The van der Waals surface area contributed by atoms with Crippen molar-refractivity contribution < 1.29 is 8.42 Å². The van der Waals surface area contributed by atoms with E-state index in [1.807, 2.05) is 6.92 Å². The fourth-order valence-corrected chi connectivity index (χ4v) is 5.01. The SMILES string of the molecule is Cc1sc(Br)cc1S(=O)(=O)NCCCC(C)Cl. The molecule has 98 valence electrons. The number of sulfonamides is 1. The Morgan fingerprint density at radius 3 is 2.71 bits per heavy atom. The van der Waals surface area contributed by atoms with E-state index in [1.54, 1.807) is 13.0 Å². The third-order valence-corrected chi connectivity index (χ3v) is 5.69. The van der Waals surface area contributed by atoms with Gasteiger partial charge in [0, 0.05) is 16.8 Å². The summed E-state index contributed by atoms with van der Waals surface area (Å²) in [6, 6.07) is 1.63. The maximum Gasteiger partial charge on any atom is 0.241 e. The van der Waals surface area contributed by atoms with Gasteiger partial charge in [-0.3, -0.25) is 0 Å². The molecule has 1 rings (SSSR count). The van der Waals surface area contributed by atoms with Crippen LogP contribution < -0.4 is 4.72 Å². The lowest BCUT2D eigenvalue weighted by atomic mass is 10.2. The number of hydrogen-bond acceptors (Lipinski definition) is 3. The summed E-state index contributed by atoms with van der Waals surface area (Å²) in [5, 5.41) is 0.0801. The number of hydrogen-bond donors (Lipinski definition) is 1. The molecule has 1 heterocycles. The first kappa shape index (κ1) is 15.4. The largest absolute Gasteiger partial charge is 0.241 e. The fourth-order valence-electron chi connectivity index (χ4n) is 1.37. The van der Waals surface area contributed by atoms with Gasteiger partial charge < -0.3 is 0 Å². The summed E-state index contributed by atoms with van der Waals surface area (Å²) in [4.78, 5) is 1.14. The summed E-state index contributed by atoms with van der Waals surface area (Å²) in [7, 11) is -3.38. The van der Waals surface area contributed by atoms with Crippen molar-refractivity contribution in [2.75, 3.05) is 6.54 Å². The molecule has 0 amide bonds. The van der Waals surface area contributed by atoms with Gasteiger partial charge in [0.1, 0.15) is 0 Å². The van der Waals surface area contributed by atoms with Crippen LogP contribution in [0, 0.1) is 6.92 Å². The molecule has 0 aliphatic heterocycles. The van der Waals surface area contributed by atoms with E-state index in [9.17, 15) is 8.42 Å². The Labute approximate surface area is 120 Å². The molecular weight excluding hydrogens is 346 g/mol. The number of thiophene rings is 1. The molecule has 0 aromatic carbocycles. The molecule has 1 aromatic heterocycles. The molecule has 0 saturated carbocycles. The highest BCUT2D eigenvalue weighted by molar-refractivity contribution is 9.11. The molecule has 0 aliphatic carbocycles. The molecule has 0 spiro atoms. The van der Waals surface area contributed by atoms with Crippen LogP contribution in [0.4, 0.5) is 0 Å². The van der Waals surface area contributed by atoms with E-state index in [-0.39, 0.29) is 5.38 Å². The third kappa shape index (κ3) is 4.87. The van der Waals surface area contributed by atoms with Crippen LogP contribution in [0.5, 0.6) is 0 Å². The normalized spacial score (nSPS) is 13.9. The topological polar surface area (TPSA) is 46.2 Å². The van der Waals surface area contributed by atoms with Crippen molar-refractivity contribution in [2.24, 2.45) is 0 Å². The number of nitrogens with one attached hydrogen (secondary N) is 1. The van der Waals surface area contributed by atoms with Crippen LogP contribution in [-0.4, -0.2) is 20.3 Å². The first-order valence-corrected chi connectivity index (χ1v) is 8.75. The molecule has 0 fully saturated rings.